The molecule has 0 aliphatic heterocycles. The Bertz CT molecular complexity index is 970. The Balaban J connectivity index is 1.48. The van der Waals surface area contributed by atoms with Gasteiger partial charge in [0.2, 0.25) is 11.8 Å². The van der Waals surface area contributed by atoms with Crippen LogP contribution in [0.3, 0.4) is 0 Å². The fourth-order valence-electron chi connectivity index (χ4n) is 2.51. The van der Waals surface area contributed by atoms with Crippen LogP contribution >= 0.6 is 23.1 Å². The van der Waals surface area contributed by atoms with E-state index in [1.165, 1.54) is 18.3 Å². The van der Waals surface area contributed by atoms with Gasteiger partial charge in [0.25, 0.3) is 0 Å². The number of carbonyl (C=O) groups is 2. The predicted molar refractivity (Wildman–Crippen MR) is 119 cm³/mol. The second-order valence-corrected chi connectivity index (χ2v) is 8.15. The quantitative estimate of drug-likeness (QED) is 0.500. The number of thiazole rings is 1. The molecule has 0 fully saturated rings. The van der Waals surface area contributed by atoms with Crippen LogP contribution in [0.25, 0.3) is 11.3 Å². The summed E-state index contributed by atoms with van der Waals surface area (Å²) < 4.78 is 5.14. The van der Waals surface area contributed by atoms with Gasteiger partial charge in [0.15, 0.2) is 5.13 Å². The lowest BCUT2D eigenvalue weighted by atomic mass is 10.1. The standard InChI is InChI=1S/C21H21N3O3S2/c1-14(25)22-16-5-3-15(4-6-16)19-13-29-21(23-19)24-20(26)11-12-28-18-9-7-17(27-2)8-10-18/h3-10,13H,11-12H2,1-2H3,(H,22,25)(H,23,24,26). The van der Waals surface area contributed by atoms with Crippen LogP contribution < -0.4 is 15.4 Å². The molecule has 0 atom stereocenters. The maximum Gasteiger partial charge on any atom is 0.226 e. The molecule has 0 saturated heterocycles. The van der Waals surface area contributed by atoms with Crippen molar-refractivity contribution in [2.45, 2.75) is 18.2 Å². The van der Waals surface area contributed by atoms with Crippen molar-refractivity contribution in [3.63, 3.8) is 0 Å². The van der Waals surface area contributed by atoms with Gasteiger partial charge in [0.05, 0.1) is 12.8 Å². The Kier molecular flexibility index (Phi) is 7.26. The number of thioether (sulfide) groups is 1. The van der Waals surface area contributed by atoms with E-state index >= 15 is 0 Å². The third-order valence-corrected chi connectivity index (χ3v) is 5.68. The Morgan fingerprint density at radius 1 is 1.07 bits per heavy atom. The van der Waals surface area contributed by atoms with E-state index in [9.17, 15) is 9.59 Å². The summed E-state index contributed by atoms with van der Waals surface area (Å²) in [5.74, 6) is 1.33. The second kappa shape index (κ2) is 10.1. The Morgan fingerprint density at radius 2 is 1.79 bits per heavy atom. The maximum atomic E-state index is 12.2. The second-order valence-electron chi connectivity index (χ2n) is 6.12. The van der Waals surface area contributed by atoms with Gasteiger partial charge in [0.1, 0.15) is 5.75 Å². The van der Waals surface area contributed by atoms with Crippen molar-refractivity contribution < 1.29 is 14.3 Å². The highest BCUT2D eigenvalue weighted by Crippen LogP contribution is 2.26. The highest BCUT2D eigenvalue weighted by Gasteiger charge is 2.09. The first-order valence-corrected chi connectivity index (χ1v) is 10.8. The van der Waals surface area contributed by atoms with Crippen molar-refractivity contribution in [2.75, 3.05) is 23.5 Å². The predicted octanol–water partition coefficient (Wildman–Crippen LogP) is 4.90. The van der Waals surface area contributed by atoms with Crippen molar-refractivity contribution in [2.24, 2.45) is 0 Å². The summed E-state index contributed by atoms with van der Waals surface area (Å²) in [6.45, 7) is 1.47. The van der Waals surface area contributed by atoms with E-state index in [0.717, 1.165) is 27.6 Å². The first kappa shape index (κ1) is 20.9. The molecular weight excluding hydrogens is 406 g/mol. The summed E-state index contributed by atoms with van der Waals surface area (Å²) in [6, 6.07) is 15.2. The van der Waals surface area contributed by atoms with Gasteiger partial charge in [0, 0.05) is 40.6 Å². The van der Waals surface area contributed by atoms with Crippen molar-refractivity contribution in [3.8, 4) is 17.0 Å². The topological polar surface area (TPSA) is 80.3 Å². The molecule has 1 aromatic heterocycles. The van der Waals surface area contributed by atoms with Crippen LogP contribution in [0.2, 0.25) is 0 Å². The van der Waals surface area contributed by atoms with Crippen LogP contribution in [-0.2, 0) is 9.59 Å². The molecule has 2 amide bonds. The number of rotatable bonds is 8. The lowest BCUT2D eigenvalue weighted by molar-refractivity contribution is -0.116. The van der Waals surface area contributed by atoms with E-state index in [2.05, 4.69) is 15.6 Å². The van der Waals surface area contributed by atoms with Crippen LogP contribution in [-0.4, -0.2) is 29.7 Å². The summed E-state index contributed by atoms with van der Waals surface area (Å²) in [4.78, 5) is 28.8. The number of hydrogen-bond acceptors (Lipinski definition) is 6. The van der Waals surface area contributed by atoms with Crippen LogP contribution in [0.1, 0.15) is 13.3 Å². The fraction of sp³-hybridized carbons (Fsp3) is 0.190. The van der Waals surface area contributed by atoms with E-state index in [1.54, 1.807) is 18.9 Å². The molecule has 1 heterocycles. The molecular formula is C21H21N3O3S2. The fourth-order valence-corrected chi connectivity index (χ4v) is 4.09. The minimum Gasteiger partial charge on any atom is -0.497 e. The summed E-state index contributed by atoms with van der Waals surface area (Å²) in [6.07, 6.45) is 0.400. The highest BCUT2D eigenvalue weighted by atomic mass is 32.2. The zero-order valence-corrected chi connectivity index (χ0v) is 17.7. The van der Waals surface area contributed by atoms with Crippen molar-refractivity contribution in [3.05, 3.63) is 53.9 Å². The van der Waals surface area contributed by atoms with Crippen LogP contribution in [0.4, 0.5) is 10.8 Å². The summed E-state index contributed by atoms with van der Waals surface area (Å²) in [5, 5.41) is 8.05. The third kappa shape index (κ3) is 6.33. The van der Waals surface area contributed by atoms with E-state index in [1.807, 2.05) is 53.9 Å². The molecule has 8 heteroatoms. The SMILES string of the molecule is COc1ccc(SCCC(=O)Nc2nc(-c3ccc(NC(C)=O)cc3)cs2)cc1. The zero-order chi connectivity index (χ0) is 20.6. The number of methoxy groups -OCH3 is 1. The van der Waals surface area contributed by atoms with Crippen molar-refractivity contribution in [1.82, 2.24) is 4.98 Å². The van der Waals surface area contributed by atoms with E-state index in [4.69, 9.17) is 4.74 Å². The summed E-state index contributed by atoms with van der Waals surface area (Å²) in [7, 11) is 1.64. The Labute approximate surface area is 177 Å². The number of anilines is 2. The first-order chi connectivity index (χ1) is 14.0. The van der Waals surface area contributed by atoms with Crippen molar-refractivity contribution >= 4 is 45.7 Å². The molecule has 0 aliphatic carbocycles. The van der Waals surface area contributed by atoms with Crippen LogP contribution in [0.15, 0.2) is 58.8 Å². The highest BCUT2D eigenvalue weighted by molar-refractivity contribution is 7.99. The maximum absolute atomic E-state index is 12.2. The van der Waals surface area contributed by atoms with Crippen molar-refractivity contribution in [1.29, 1.82) is 0 Å². The van der Waals surface area contributed by atoms with E-state index < -0.39 is 0 Å². The summed E-state index contributed by atoms with van der Waals surface area (Å²) in [5.41, 5.74) is 2.44. The molecule has 3 rings (SSSR count). The van der Waals surface area contributed by atoms with Crippen LogP contribution in [0.5, 0.6) is 5.75 Å². The third-order valence-electron chi connectivity index (χ3n) is 3.91. The van der Waals surface area contributed by atoms with E-state index in [0.29, 0.717) is 17.3 Å². The van der Waals surface area contributed by atoms with Gasteiger partial charge in [-0.1, -0.05) is 12.1 Å². The van der Waals surface area contributed by atoms with Gasteiger partial charge >= 0.3 is 0 Å². The minimum atomic E-state index is -0.110. The average molecular weight is 428 g/mol. The van der Waals surface area contributed by atoms with Gasteiger partial charge in [-0.3, -0.25) is 9.59 Å². The van der Waals surface area contributed by atoms with Gasteiger partial charge in [-0.15, -0.1) is 23.1 Å². The number of benzene rings is 2. The largest absolute Gasteiger partial charge is 0.497 e. The molecule has 2 N–H and O–H groups in total. The number of aromatic nitrogens is 1. The van der Waals surface area contributed by atoms with Gasteiger partial charge in [-0.25, -0.2) is 4.98 Å². The van der Waals surface area contributed by atoms with Gasteiger partial charge in [-0.05, 0) is 36.4 Å². The molecule has 0 unspecified atom stereocenters. The number of nitrogens with zero attached hydrogens (tertiary/aromatic N) is 1. The number of ether oxygens (including phenoxy) is 1. The monoisotopic (exact) mass is 427 g/mol. The van der Waals surface area contributed by atoms with E-state index in [-0.39, 0.29) is 11.8 Å². The first-order valence-electron chi connectivity index (χ1n) is 8.94. The molecule has 3 aromatic rings. The number of nitrogens with one attached hydrogen (secondary N) is 2. The summed E-state index contributed by atoms with van der Waals surface area (Å²) >= 11 is 3.01. The van der Waals surface area contributed by atoms with Crippen LogP contribution in [0, 0.1) is 0 Å². The van der Waals surface area contributed by atoms with Gasteiger partial charge in [-0.2, -0.15) is 0 Å². The number of amides is 2. The smallest absolute Gasteiger partial charge is 0.226 e. The average Bonchev–Trinajstić information content (AvgIpc) is 3.17. The lowest BCUT2D eigenvalue weighted by Crippen LogP contribution is -2.11. The molecule has 0 bridgehead atoms. The Hall–Kier alpha value is -2.84. The number of hydrogen-bond donors (Lipinski definition) is 2. The molecule has 2 aromatic carbocycles. The lowest BCUT2D eigenvalue weighted by Gasteiger charge is -2.04. The van der Waals surface area contributed by atoms with Gasteiger partial charge < -0.3 is 15.4 Å². The molecule has 6 nitrogen and oxygen atoms in total. The minimum absolute atomic E-state index is 0.0621. The molecule has 0 spiro atoms. The normalized spacial score (nSPS) is 10.4. The molecule has 0 aliphatic rings. The molecule has 29 heavy (non-hydrogen) atoms. The molecule has 0 radical (unpaired) electrons. The zero-order valence-electron chi connectivity index (χ0n) is 16.1. The Morgan fingerprint density at radius 3 is 2.45 bits per heavy atom. The molecule has 150 valence electrons. The molecule has 0 saturated carbocycles. The number of carbonyl (C=O) groups excluding carboxylic acids is 2.